The van der Waals surface area contributed by atoms with Crippen LogP contribution in [-0.4, -0.2) is 36.8 Å². The minimum absolute atomic E-state index is 0.879. The van der Waals surface area contributed by atoms with Gasteiger partial charge in [0.05, 0.1) is 32.3 Å². The Morgan fingerprint density at radius 1 is 1.18 bits per heavy atom. The number of thiophene rings is 1. The van der Waals surface area contributed by atoms with Gasteiger partial charge < -0.3 is 9.22 Å². The maximum absolute atomic E-state index is 6.06. The highest BCUT2D eigenvalue weighted by Crippen LogP contribution is 2.36. The lowest BCUT2D eigenvalue weighted by Crippen LogP contribution is -2.52. The molecule has 1 aliphatic carbocycles. The average molecular weight is 323 g/mol. The summed E-state index contributed by atoms with van der Waals surface area (Å²) in [6, 6.07) is 0.972. The molecule has 2 unspecified atom stereocenters. The van der Waals surface area contributed by atoms with Crippen molar-refractivity contribution in [3.8, 4) is 5.75 Å². The second-order valence-corrected chi connectivity index (χ2v) is 8.03. The van der Waals surface area contributed by atoms with E-state index < -0.39 is 0 Å². The van der Waals surface area contributed by atoms with Gasteiger partial charge in [0.1, 0.15) is 5.75 Å². The zero-order valence-corrected chi connectivity index (χ0v) is 15.2. The summed E-state index contributed by atoms with van der Waals surface area (Å²) in [4.78, 5) is 0. The molecule has 0 bridgehead atoms. The van der Waals surface area contributed by atoms with E-state index >= 15 is 0 Å². The fourth-order valence-corrected chi connectivity index (χ4v) is 5.59. The van der Waals surface area contributed by atoms with Gasteiger partial charge in [0, 0.05) is 23.3 Å². The Bertz CT molecular complexity index is 466. The quantitative estimate of drug-likeness (QED) is 0.650. The van der Waals surface area contributed by atoms with Crippen LogP contribution in [0.15, 0.2) is 10.8 Å². The molecule has 2 nitrogen and oxygen atoms in total. The average Bonchev–Trinajstić information content (AvgIpc) is 3.28. The fourth-order valence-electron chi connectivity index (χ4n) is 4.73. The van der Waals surface area contributed by atoms with Crippen molar-refractivity contribution in [3.63, 3.8) is 0 Å². The Balaban J connectivity index is 1.48. The van der Waals surface area contributed by atoms with E-state index in [1.165, 1.54) is 68.2 Å². The minimum atomic E-state index is 0.879. The summed E-state index contributed by atoms with van der Waals surface area (Å²) >= 11 is 1.77. The third-order valence-electron chi connectivity index (χ3n) is 6.20. The van der Waals surface area contributed by atoms with Crippen LogP contribution in [0.4, 0.5) is 0 Å². The molecule has 2 fully saturated rings. The summed E-state index contributed by atoms with van der Waals surface area (Å²) in [6.45, 7) is 9.70. The Morgan fingerprint density at radius 3 is 2.73 bits per heavy atom. The number of nitrogens with zero attached hydrogens (tertiary/aromatic N) is 1. The van der Waals surface area contributed by atoms with Crippen LogP contribution in [0.1, 0.15) is 57.9 Å². The lowest BCUT2D eigenvalue weighted by atomic mass is 10.1. The van der Waals surface area contributed by atoms with Crippen LogP contribution in [0, 0.1) is 5.92 Å². The number of likely N-dealkylation sites (tertiary alicyclic amines) is 1. The molecule has 3 heteroatoms. The highest BCUT2D eigenvalue weighted by Gasteiger charge is 2.43. The first-order chi connectivity index (χ1) is 10.8. The summed E-state index contributed by atoms with van der Waals surface area (Å²) in [7, 11) is 0. The summed E-state index contributed by atoms with van der Waals surface area (Å²) in [6.07, 6.45) is 9.63. The van der Waals surface area contributed by atoms with Crippen molar-refractivity contribution < 1.29 is 9.22 Å². The number of ether oxygens (including phenoxy) is 1. The normalized spacial score (nSPS) is 29.3. The molecule has 3 rings (SSSR count). The van der Waals surface area contributed by atoms with Crippen LogP contribution in [0.3, 0.4) is 0 Å². The van der Waals surface area contributed by atoms with E-state index in [0.717, 1.165) is 30.7 Å². The Hall–Kier alpha value is -0.540. The molecule has 1 aromatic rings. The predicted octanol–water partition coefficient (Wildman–Crippen LogP) is 4.88. The van der Waals surface area contributed by atoms with Crippen molar-refractivity contribution in [2.24, 2.45) is 5.92 Å². The van der Waals surface area contributed by atoms with E-state index in [-0.39, 0.29) is 0 Å². The fraction of sp³-hybridized carbons (Fsp3) is 0.789. The number of hydrogen-bond acceptors (Lipinski definition) is 2. The van der Waals surface area contributed by atoms with Crippen LogP contribution in [-0.2, 0) is 6.42 Å². The maximum atomic E-state index is 6.06. The van der Waals surface area contributed by atoms with E-state index in [4.69, 9.17) is 4.74 Å². The van der Waals surface area contributed by atoms with E-state index in [2.05, 4.69) is 24.6 Å². The third-order valence-corrected chi connectivity index (χ3v) is 6.97. The largest absolute Gasteiger partial charge is 0.492 e. The molecule has 1 aliphatic heterocycles. The highest BCUT2D eigenvalue weighted by molar-refractivity contribution is 7.08. The standard InChI is InChI=1S/C19H32NOS/c1-3-17-14-22-15-19(17)21-12-10-16-9-11-20(4-2,13-16)18-7-5-6-8-18/h14-16,18H,3-13H2,1-2H3/q+1. The van der Waals surface area contributed by atoms with Crippen molar-refractivity contribution in [2.45, 2.75) is 64.8 Å². The predicted molar refractivity (Wildman–Crippen MR) is 94.7 cm³/mol. The maximum Gasteiger partial charge on any atom is 0.133 e. The Labute approximate surface area is 140 Å². The molecule has 2 aliphatic rings. The summed E-state index contributed by atoms with van der Waals surface area (Å²) in [5.74, 6) is 2.02. The summed E-state index contributed by atoms with van der Waals surface area (Å²) < 4.78 is 7.48. The molecule has 0 radical (unpaired) electrons. The van der Waals surface area contributed by atoms with Crippen molar-refractivity contribution in [1.82, 2.24) is 0 Å². The van der Waals surface area contributed by atoms with Gasteiger partial charge in [0.25, 0.3) is 0 Å². The number of rotatable bonds is 7. The topological polar surface area (TPSA) is 9.23 Å². The van der Waals surface area contributed by atoms with Gasteiger partial charge in [-0.05, 0) is 50.8 Å². The van der Waals surface area contributed by atoms with Gasteiger partial charge in [0.15, 0.2) is 0 Å². The van der Waals surface area contributed by atoms with Gasteiger partial charge in [0.2, 0.25) is 0 Å². The molecule has 124 valence electrons. The smallest absolute Gasteiger partial charge is 0.133 e. The van der Waals surface area contributed by atoms with E-state index in [1.807, 2.05) is 0 Å². The van der Waals surface area contributed by atoms with E-state index in [0.29, 0.717) is 0 Å². The van der Waals surface area contributed by atoms with Crippen LogP contribution in [0.2, 0.25) is 0 Å². The zero-order valence-electron chi connectivity index (χ0n) is 14.4. The molecular formula is C19H32NOS+. The van der Waals surface area contributed by atoms with Gasteiger partial charge in [-0.15, -0.1) is 11.3 Å². The lowest BCUT2D eigenvalue weighted by Gasteiger charge is -2.39. The number of quaternary nitrogens is 1. The molecule has 0 N–H and O–H groups in total. The molecule has 1 saturated heterocycles. The SMILES string of the molecule is CCc1cscc1OCCC1CC[N+](CC)(C2CCCC2)C1. The van der Waals surface area contributed by atoms with Gasteiger partial charge in [-0.1, -0.05) is 6.92 Å². The first-order valence-corrected chi connectivity index (χ1v) is 10.3. The van der Waals surface area contributed by atoms with Crippen molar-refractivity contribution >= 4 is 11.3 Å². The monoisotopic (exact) mass is 322 g/mol. The molecule has 0 amide bonds. The Morgan fingerprint density at radius 2 is 2.00 bits per heavy atom. The van der Waals surface area contributed by atoms with Gasteiger partial charge in [-0.3, -0.25) is 0 Å². The number of aryl methyl sites for hydroxylation is 1. The van der Waals surface area contributed by atoms with Gasteiger partial charge in [-0.25, -0.2) is 0 Å². The molecule has 0 aromatic carbocycles. The summed E-state index contributed by atoms with van der Waals surface area (Å²) in [5.41, 5.74) is 1.38. The van der Waals surface area contributed by atoms with Gasteiger partial charge in [-0.2, -0.15) is 0 Å². The Kier molecular flexibility index (Phi) is 5.46. The second-order valence-electron chi connectivity index (χ2n) is 7.29. The molecule has 0 spiro atoms. The molecule has 2 atom stereocenters. The van der Waals surface area contributed by atoms with Crippen molar-refractivity contribution in [3.05, 3.63) is 16.3 Å². The van der Waals surface area contributed by atoms with Crippen molar-refractivity contribution in [1.29, 1.82) is 0 Å². The highest BCUT2D eigenvalue weighted by atomic mass is 32.1. The summed E-state index contributed by atoms with van der Waals surface area (Å²) in [5, 5.41) is 4.39. The minimum Gasteiger partial charge on any atom is -0.492 e. The molecule has 1 saturated carbocycles. The molecule has 22 heavy (non-hydrogen) atoms. The first-order valence-electron chi connectivity index (χ1n) is 9.31. The van der Waals surface area contributed by atoms with Crippen LogP contribution < -0.4 is 4.74 Å². The molecule has 2 heterocycles. The van der Waals surface area contributed by atoms with Crippen molar-refractivity contribution in [2.75, 3.05) is 26.2 Å². The zero-order chi connectivity index (χ0) is 15.4. The van der Waals surface area contributed by atoms with Crippen LogP contribution in [0.5, 0.6) is 5.75 Å². The van der Waals surface area contributed by atoms with E-state index in [1.54, 1.807) is 11.3 Å². The molecule has 1 aromatic heterocycles. The van der Waals surface area contributed by atoms with Gasteiger partial charge >= 0.3 is 0 Å². The van der Waals surface area contributed by atoms with E-state index in [9.17, 15) is 0 Å². The first kappa shape index (κ1) is 16.3. The molecular weight excluding hydrogens is 290 g/mol. The number of hydrogen-bond donors (Lipinski definition) is 0. The van der Waals surface area contributed by atoms with Crippen LogP contribution >= 0.6 is 11.3 Å². The van der Waals surface area contributed by atoms with Crippen LogP contribution in [0.25, 0.3) is 0 Å². The third kappa shape index (κ3) is 3.35. The lowest BCUT2D eigenvalue weighted by molar-refractivity contribution is -0.939. The second kappa shape index (κ2) is 7.35.